The summed E-state index contributed by atoms with van der Waals surface area (Å²) in [6.07, 6.45) is 1.81. The number of benzene rings is 2. The fourth-order valence-electron chi connectivity index (χ4n) is 1.92. The maximum Gasteiger partial charge on any atom is 0.0973 e. The van der Waals surface area contributed by atoms with Crippen LogP contribution < -0.4 is 5.32 Å². The summed E-state index contributed by atoms with van der Waals surface area (Å²) in [4.78, 5) is 4.34. The van der Waals surface area contributed by atoms with E-state index < -0.39 is 0 Å². The van der Waals surface area contributed by atoms with Gasteiger partial charge in [0, 0.05) is 5.69 Å². The van der Waals surface area contributed by atoms with Crippen LogP contribution >= 0.6 is 23.2 Å². The SMILES string of the molecule is Clc1ccc(NCn2cnc3ccccc32)cc1Cl. The average molecular weight is 292 g/mol. The molecule has 19 heavy (non-hydrogen) atoms. The maximum atomic E-state index is 5.98. The highest BCUT2D eigenvalue weighted by molar-refractivity contribution is 6.42. The number of aromatic nitrogens is 2. The largest absolute Gasteiger partial charge is 0.367 e. The Morgan fingerprint density at radius 1 is 1.05 bits per heavy atom. The minimum absolute atomic E-state index is 0.544. The number of fused-ring (bicyclic) bond motifs is 1. The number of rotatable bonds is 3. The lowest BCUT2D eigenvalue weighted by Gasteiger charge is -2.09. The molecule has 3 aromatic rings. The van der Waals surface area contributed by atoms with Gasteiger partial charge >= 0.3 is 0 Å². The molecule has 96 valence electrons. The Hall–Kier alpha value is -1.71. The lowest BCUT2D eigenvalue weighted by molar-refractivity contribution is 0.800. The van der Waals surface area contributed by atoms with Gasteiger partial charge in [0.25, 0.3) is 0 Å². The van der Waals surface area contributed by atoms with Gasteiger partial charge in [0.2, 0.25) is 0 Å². The lowest BCUT2D eigenvalue weighted by atomic mass is 10.3. The number of nitrogens with zero attached hydrogens (tertiary/aromatic N) is 2. The topological polar surface area (TPSA) is 29.9 Å². The van der Waals surface area contributed by atoms with Gasteiger partial charge in [-0.2, -0.15) is 0 Å². The van der Waals surface area contributed by atoms with Crippen molar-refractivity contribution in [1.82, 2.24) is 9.55 Å². The summed E-state index contributed by atoms with van der Waals surface area (Å²) in [5.74, 6) is 0. The van der Waals surface area contributed by atoms with Crippen LogP contribution in [-0.4, -0.2) is 9.55 Å². The summed E-state index contributed by atoms with van der Waals surface area (Å²) >= 11 is 11.9. The van der Waals surface area contributed by atoms with Crippen LogP contribution in [0.15, 0.2) is 48.8 Å². The van der Waals surface area contributed by atoms with E-state index in [0.717, 1.165) is 16.7 Å². The Labute approximate surface area is 120 Å². The van der Waals surface area contributed by atoms with Crippen molar-refractivity contribution in [3.8, 4) is 0 Å². The van der Waals surface area contributed by atoms with E-state index in [-0.39, 0.29) is 0 Å². The van der Waals surface area contributed by atoms with Crippen molar-refractivity contribution >= 4 is 39.9 Å². The molecule has 0 atom stereocenters. The molecule has 1 heterocycles. The molecule has 0 unspecified atom stereocenters. The predicted molar refractivity (Wildman–Crippen MR) is 79.8 cm³/mol. The lowest BCUT2D eigenvalue weighted by Crippen LogP contribution is -2.06. The third-order valence-electron chi connectivity index (χ3n) is 2.90. The van der Waals surface area contributed by atoms with Crippen LogP contribution in [0.4, 0.5) is 5.69 Å². The highest BCUT2D eigenvalue weighted by Gasteiger charge is 2.02. The molecule has 0 aliphatic rings. The smallest absolute Gasteiger partial charge is 0.0973 e. The summed E-state index contributed by atoms with van der Waals surface area (Å²) in [7, 11) is 0. The van der Waals surface area contributed by atoms with E-state index in [1.807, 2.05) is 47.3 Å². The van der Waals surface area contributed by atoms with Crippen molar-refractivity contribution in [3.05, 3.63) is 58.8 Å². The first-order chi connectivity index (χ1) is 9.24. The number of imidazole rings is 1. The first-order valence-corrected chi connectivity index (χ1v) is 6.58. The minimum Gasteiger partial charge on any atom is -0.367 e. The number of para-hydroxylation sites is 2. The van der Waals surface area contributed by atoms with E-state index in [2.05, 4.69) is 10.3 Å². The molecule has 3 rings (SSSR count). The molecule has 0 amide bonds. The van der Waals surface area contributed by atoms with Crippen LogP contribution in [0.2, 0.25) is 10.0 Å². The second-order valence-electron chi connectivity index (χ2n) is 4.17. The minimum atomic E-state index is 0.544. The van der Waals surface area contributed by atoms with E-state index >= 15 is 0 Å². The highest BCUT2D eigenvalue weighted by Crippen LogP contribution is 2.25. The molecule has 0 fully saturated rings. The van der Waals surface area contributed by atoms with Crippen molar-refractivity contribution < 1.29 is 0 Å². The molecular formula is C14H11Cl2N3. The van der Waals surface area contributed by atoms with Gasteiger partial charge in [0.05, 0.1) is 34.1 Å². The molecule has 1 N–H and O–H groups in total. The molecule has 1 aromatic heterocycles. The van der Waals surface area contributed by atoms with Crippen LogP contribution in [0, 0.1) is 0 Å². The van der Waals surface area contributed by atoms with Gasteiger partial charge in [-0.1, -0.05) is 35.3 Å². The van der Waals surface area contributed by atoms with Crippen molar-refractivity contribution in [1.29, 1.82) is 0 Å². The number of anilines is 1. The van der Waals surface area contributed by atoms with Gasteiger partial charge in [-0.3, -0.25) is 0 Å². The van der Waals surface area contributed by atoms with Crippen LogP contribution in [0.1, 0.15) is 0 Å². The summed E-state index contributed by atoms with van der Waals surface area (Å²) in [6.45, 7) is 0.623. The van der Waals surface area contributed by atoms with E-state index in [0.29, 0.717) is 16.7 Å². The zero-order valence-electron chi connectivity index (χ0n) is 9.98. The number of hydrogen-bond donors (Lipinski definition) is 1. The third-order valence-corrected chi connectivity index (χ3v) is 3.64. The van der Waals surface area contributed by atoms with Gasteiger partial charge in [-0.05, 0) is 30.3 Å². The van der Waals surface area contributed by atoms with Crippen LogP contribution in [0.3, 0.4) is 0 Å². The van der Waals surface area contributed by atoms with Gasteiger partial charge in [0.15, 0.2) is 0 Å². The second kappa shape index (κ2) is 5.11. The Morgan fingerprint density at radius 2 is 1.89 bits per heavy atom. The summed E-state index contributed by atoms with van der Waals surface area (Å²) in [5.41, 5.74) is 3.00. The summed E-state index contributed by atoms with van der Waals surface area (Å²) in [6, 6.07) is 13.5. The predicted octanol–water partition coefficient (Wildman–Crippen LogP) is 4.41. The Bertz CT molecular complexity index is 722. The summed E-state index contributed by atoms with van der Waals surface area (Å²) in [5, 5.41) is 4.39. The maximum absolute atomic E-state index is 5.98. The first kappa shape index (κ1) is 12.3. The Morgan fingerprint density at radius 3 is 2.74 bits per heavy atom. The normalized spacial score (nSPS) is 10.8. The zero-order chi connectivity index (χ0) is 13.2. The monoisotopic (exact) mass is 291 g/mol. The molecule has 2 aromatic carbocycles. The molecule has 0 aliphatic carbocycles. The van der Waals surface area contributed by atoms with Crippen molar-refractivity contribution in [3.63, 3.8) is 0 Å². The van der Waals surface area contributed by atoms with E-state index in [9.17, 15) is 0 Å². The second-order valence-corrected chi connectivity index (χ2v) is 4.98. The number of halogens is 2. The molecule has 3 nitrogen and oxygen atoms in total. The molecule has 5 heteroatoms. The molecule has 0 aliphatic heterocycles. The quantitative estimate of drug-likeness (QED) is 0.774. The Balaban J connectivity index is 1.80. The molecule has 0 spiro atoms. The average Bonchev–Trinajstić information content (AvgIpc) is 2.83. The highest BCUT2D eigenvalue weighted by atomic mass is 35.5. The molecule has 0 saturated carbocycles. The third kappa shape index (κ3) is 2.53. The molecule has 0 radical (unpaired) electrons. The van der Waals surface area contributed by atoms with Gasteiger partial charge in [0.1, 0.15) is 0 Å². The number of hydrogen-bond acceptors (Lipinski definition) is 2. The standard InChI is InChI=1S/C14H11Cl2N3/c15-11-6-5-10(7-12(11)16)17-8-19-9-18-13-3-1-2-4-14(13)19/h1-7,9,17H,8H2. The van der Waals surface area contributed by atoms with E-state index in [1.165, 1.54) is 0 Å². The fraction of sp³-hybridized carbons (Fsp3) is 0.0714. The fourth-order valence-corrected chi connectivity index (χ4v) is 2.22. The van der Waals surface area contributed by atoms with Crippen LogP contribution in [0.25, 0.3) is 11.0 Å². The van der Waals surface area contributed by atoms with Crippen molar-refractivity contribution in [2.45, 2.75) is 6.67 Å². The van der Waals surface area contributed by atoms with E-state index in [4.69, 9.17) is 23.2 Å². The van der Waals surface area contributed by atoms with Crippen molar-refractivity contribution in [2.75, 3.05) is 5.32 Å². The van der Waals surface area contributed by atoms with E-state index in [1.54, 1.807) is 6.07 Å². The molecule has 0 saturated heterocycles. The van der Waals surface area contributed by atoms with Crippen LogP contribution in [0.5, 0.6) is 0 Å². The van der Waals surface area contributed by atoms with Crippen LogP contribution in [-0.2, 0) is 6.67 Å². The molecule has 0 bridgehead atoms. The van der Waals surface area contributed by atoms with Gasteiger partial charge < -0.3 is 9.88 Å². The van der Waals surface area contributed by atoms with Gasteiger partial charge in [-0.25, -0.2) is 4.98 Å². The number of nitrogens with one attached hydrogen (secondary N) is 1. The Kier molecular flexibility index (Phi) is 3.32. The van der Waals surface area contributed by atoms with Gasteiger partial charge in [-0.15, -0.1) is 0 Å². The zero-order valence-corrected chi connectivity index (χ0v) is 11.5. The summed E-state index contributed by atoms with van der Waals surface area (Å²) < 4.78 is 2.04. The molecular weight excluding hydrogens is 281 g/mol. The van der Waals surface area contributed by atoms with Crippen molar-refractivity contribution in [2.24, 2.45) is 0 Å². The first-order valence-electron chi connectivity index (χ1n) is 5.83.